The lowest BCUT2D eigenvalue weighted by atomic mass is 10.2. The van der Waals surface area contributed by atoms with E-state index in [4.69, 9.17) is 5.11 Å². The second-order valence-electron chi connectivity index (χ2n) is 4.58. The minimum atomic E-state index is -0.0748. The zero-order chi connectivity index (χ0) is 14.6. The van der Waals surface area contributed by atoms with Crippen molar-refractivity contribution in [2.45, 2.75) is 49.2 Å². The van der Waals surface area contributed by atoms with Gasteiger partial charge in [0.25, 0.3) is 0 Å². The number of carbonyl (C=O) groups is 1. The van der Waals surface area contributed by atoms with E-state index in [1.807, 2.05) is 18.2 Å². The Hall–Kier alpha value is -1.24. The van der Waals surface area contributed by atoms with E-state index in [9.17, 15) is 4.79 Å². The zero-order valence-electron chi connectivity index (χ0n) is 12.0. The molecule has 0 spiro atoms. The second-order valence-corrected chi connectivity index (χ2v) is 5.86. The molecule has 0 aliphatic rings. The normalized spacial score (nSPS) is 11.5. The van der Waals surface area contributed by atoms with Crippen molar-refractivity contribution in [1.82, 2.24) is 0 Å². The van der Waals surface area contributed by atoms with Crippen molar-refractivity contribution in [1.29, 1.82) is 0 Å². The van der Waals surface area contributed by atoms with Crippen LogP contribution in [0.4, 0.5) is 0 Å². The van der Waals surface area contributed by atoms with Gasteiger partial charge in [-0.2, -0.15) is 0 Å². The van der Waals surface area contributed by atoms with Gasteiger partial charge in [0, 0.05) is 17.9 Å². The van der Waals surface area contributed by atoms with E-state index in [0.29, 0.717) is 12.8 Å². The van der Waals surface area contributed by atoms with Gasteiger partial charge in [-0.3, -0.25) is 4.79 Å². The first-order valence-electron chi connectivity index (χ1n) is 7.13. The number of benzene rings is 1. The molecule has 1 unspecified atom stereocenters. The van der Waals surface area contributed by atoms with Crippen molar-refractivity contribution in [2.75, 3.05) is 6.61 Å². The van der Waals surface area contributed by atoms with E-state index in [-0.39, 0.29) is 17.6 Å². The molecule has 0 aliphatic heterocycles. The molecule has 0 saturated heterocycles. The van der Waals surface area contributed by atoms with Crippen LogP contribution in [0.3, 0.4) is 0 Å². The monoisotopic (exact) mass is 290 g/mol. The van der Waals surface area contributed by atoms with Crippen molar-refractivity contribution in [3.8, 4) is 11.8 Å². The van der Waals surface area contributed by atoms with E-state index in [0.717, 1.165) is 19.3 Å². The summed E-state index contributed by atoms with van der Waals surface area (Å²) in [6, 6.07) is 10.2. The number of rotatable bonds is 8. The number of carbonyl (C=O) groups excluding carboxylic acids is 1. The van der Waals surface area contributed by atoms with Gasteiger partial charge in [-0.1, -0.05) is 43.9 Å². The number of unbranched alkanes of at least 4 members (excludes halogenated alkanes) is 1. The summed E-state index contributed by atoms with van der Waals surface area (Å²) in [5, 5.41) is 8.86. The smallest absolute Gasteiger partial charge is 0.205 e. The summed E-state index contributed by atoms with van der Waals surface area (Å²) in [5.74, 6) is 5.74. The van der Waals surface area contributed by atoms with E-state index in [1.54, 1.807) is 11.8 Å². The summed E-state index contributed by atoms with van der Waals surface area (Å²) in [7, 11) is 0. The van der Waals surface area contributed by atoms with Gasteiger partial charge in [0.15, 0.2) is 0 Å². The van der Waals surface area contributed by atoms with Crippen molar-refractivity contribution in [3.63, 3.8) is 0 Å². The molecule has 0 heterocycles. The van der Waals surface area contributed by atoms with Crippen molar-refractivity contribution >= 4 is 17.5 Å². The molecule has 1 aromatic carbocycles. The van der Waals surface area contributed by atoms with E-state index >= 15 is 0 Å². The molecule has 0 aromatic heterocycles. The predicted octanol–water partition coefficient (Wildman–Crippen LogP) is 3.68. The topological polar surface area (TPSA) is 37.3 Å². The number of aliphatic hydroxyl groups excluding tert-OH is 1. The molecule has 1 rings (SSSR count). The third-order valence-electron chi connectivity index (χ3n) is 2.78. The highest BCUT2D eigenvalue weighted by Gasteiger charge is 2.07. The Labute approximate surface area is 126 Å². The molecule has 3 heteroatoms. The van der Waals surface area contributed by atoms with Crippen LogP contribution in [0.15, 0.2) is 35.2 Å². The SMILES string of the molecule is CCCCC(C#CC(=O)CCCO)Sc1ccccc1. The minimum absolute atomic E-state index is 0.0471. The maximum Gasteiger partial charge on any atom is 0.205 e. The van der Waals surface area contributed by atoms with Gasteiger partial charge in [0.1, 0.15) is 0 Å². The molecular weight excluding hydrogens is 268 g/mol. The molecule has 20 heavy (non-hydrogen) atoms. The molecule has 1 N–H and O–H groups in total. The van der Waals surface area contributed by atoms with Gasteiger partial charge in [-0.15, -0.1) is 11.8 Å². The summed E-state index contributed by atoms with van der Waals surface area (Å²) in [4.78, 5) is 12.7. The Morgan fingerprint density at radius 2 is 2.05 bits per heavy atom. The van der Waals surface area contributed by atoms with E-state index in [2.05, 4.69) is 30.9 Å². The Morgan fingerprint density at radius 3 is 2.70 bits per heavy atom. The summed E-state index contributed by atoms with van der Waals surface area (Å²) in [6.45, 7) is 2.20. The number of ketones is 1. The van der Waals surface area contributed by atoms with Crippen LogP contribution >= 0.6 is 11.8 Å². The fraction of sp³-hybridized carbons (Fsp3) is 0.471. The van der Waals surface area contributed by atoms with Crippen LogP contribution in [-0.2, 0) is 4.79 Å². The van der Waals surface area contributed by atoms with Crippen LogP contribution in [-0.4, -0.2) is 22.7 Å². The molecule has 0 bridgehead atoms. The number of aliphatic hydroxyl groups is 1. The third kappa shape index (κ3) is 7.37. The zero-order valence-corrected chi connectivity index (χ0v) is 12.8. The first kappa shape index (κ1) is 16.8. The number of Topliss-reactive ketones (excluding diaryl/α,β-unsaturated/α-hetero) is 1. The number of hydrogen-bond donors (Lipinski definition) is 1. The number of hydrogen-bond acceptors (Lipinski definition) is 3. The minimum Gasteiger partial charge on any atom is -0.396 e. The molecule has 0 saturated carbocycles. The van der Waals surface area contributed by atoms with Gasteiger partial charge in [-0.25, -0.2) is 0 Å². The highest BCUT2D eigenvalue weighted by atomic mass is 32.2. The molecule has 1 atom stereocenters. The second kappa shape index (κ2) is 10.5. The standard InChI is InChI=1S/C17H22O2S/c1-2-3-9-17(13-12-15(19)8-7-14-18)20-16-10-5-4-6-11-16/h4-6,10-11,17-18H,2-3,7-9,14H2,1H3. The molecule has 0 radical (unpaired) electrons. The highest BCUT2D eigenvalue weighted by molar-refractivity contribution is 8.00. The fourth-order valence-corrected chi connectivity index (χ4v) is 2.72. The van der Waals surface area contributed by atoms with Crippen LogP contribution in [0.25, 0.3) is 0 Å². The third-order valence-corrected chi connectivity index (χ3v) is 3.96. The fourth-order valence-electron chi connectivity index (χ4n) is 1.68. The lowest BCUT2D eigenvalue weighted by Crippen LogP contribution is -2.01. The Kier molecular flexibility index (Phi) is 8.86. The van der Waals surface area contributed by atoms with Crippen LogP contribution < -0.4 is 0 Å². The summed E-state index contributed by atoms with van der Waals surface area (Å²) < 4.78 is 0. The Morgan fingerprint density at radius 1 is 1.30 bits per heavy atom. The number of thioether (sulfide) groups is 1. The highest BCUT2D eigenvalue weighted by Crippen LogP contribution is 2.25. The largest absolute Gasteiger partial charge is 0.396 e. The molecule has 2 nitrogen and oxygen atoms in total. The summed E-state index contributed by atoms with van der Waals surface area (Å²) >= 11 is 1.72. The molecular formula is C17H22O2S. The average molecular weight is 290 g/mol. The molecule has 0 fully saturated rings. The van der Waals surface area contributed by atoms with Gasteiger partial charge < -0.3 is 5.11 Å². The van der Waals surface area contributed by atoms with Gasteiger partial charge in [-0.05, 0) is 30.9 Å². The lowest BCUT2D eigenvalue weighted by molar-refractivity contribution is -0.114. The average Bonchev–Trinajstić information content (AvgIpc) is 2.48. The van der Waals surface area contributed by atoms with Crippen LogP contribution in [0, 0.1) is 11.8 Å². The van der Waals surface area contributed by atoms with Gasteiger partial charge in [0.05, 0.1) is 5.25 Å². The Balaban J connectivity index is 2.60. The van der Waals surface area contributed by atoms with E-state index < -0.39 is 0 Å². The van der Waals surface area contributed by atoms with Crippen molar-refractivity contribution in [3.05, 3.63) is 30.3 Å². The Bertz CT molecular complexity index is 445. The van der Waals surface area contributed by atoms with Crippen LogP contribution in [0.1, 0.15) is 39.0 Å². The maximum atomic E-state index is 11.5. The quantitative estimate of drug-likeness (QED) is 0.451. The van der Waals surface area contributed by atoms with Crippen molar-refractivity contribution in [2.24, 2.45) is 0 Å². The predicted molar refractivity (Wildman–Crippen MR) is 84.7 cm³/mol. The van der Waals surface area contributed by atoms with Crippen LogP contribution in [0.2, 0.25) is 0 Å². The molecule has 0 aliphatic carbocycles. The first-order chi connectivity index (χ1) is 9.76. The summed E-state index contributed by atoms with van der Waals surface area (Å²) in [5.41, 5.74) is 0. The van der Waals surface area contributed by atoms with Gasteiger partial charge in [0.2, 0.25) is 5.78 Å². The van der Waals surface area contributed by atoms with Crippen LogP contribution in [0.5, 0.6) is 0 Å². The van der Waals surface area contributed by atoms with Gasteiger partial charge >= 0.3 is 0 Å². The molecule has 108 valence electrons. The molecule has 1 aromatic rings. The maximum absolute atomic E-state index is 11.5. The molecule has 0 amide bonds. The first-order valence-corrected chi connectivity index (χ1v) is 8.01. The summed E-state index contributed by atoms with van der Waals surface area (Å²) in [6.07, 6.45) is 4.09. The van der Waals surface area contributed by atoms with Crippen molar-refractivity contribution < 1.29 is 9.90 Å². The lowest BCUT2D eigenvalue weighted by Gasteiger charge is -2.09. The van der Waals surface area contributed by atoms with E-state index in [1.165, 1.54) is 4.90 Å².